The van der Waals surface area contributed by atoms with E-state index in [9.17, 15) is 27.6 Å². The number of hydrogen-bond donors (Lipinski definition) is 0. The maximum atomic E-state index is 13.4. The number of sulfone groups is 1. The van der Waals surface area contributed by atoms with Crippen LogP contribution < -0.4 is 19.3 Å². The van der Waals surface area contributed by atoms with E-state index >= 15 is 0 Å². The van der Waals surface area contributed by atoms with Crippen molar-refractivity contribution in [2.45, 2.75) is 43.9 Å². The Kier molecular flexibility index (Phi) is 12.6. The molecule has 6 aromatic carbocycles. The zero-order valence-corrected chi connectivity index (χ0v) is 35.8. The molecule has 64 heavy (non-hydrogen) atoms. The highest BCUT2D eigenvalue weighted by Crippen LogP contribution is 2.40. The van der Waals surface area contributed by atoms with E-state index in [1.807, 2.05) is 37.3 Å². The molecule has 2 aliphatic heterocycles. The van der Waals surface area contributed by atoms with Gasteiger partial charge in [0.05, 0.1) is 74.5 Å². The number of anilines is 2. The van der Waals surface area contributed by atoms with Crippen molar-refractivity contribution in [3.8, 4) is 11.5 Å². The molecular formula is C49H42N6O8S. The molecule has 15 heteroatoms. The van der Waals surface area contributed by atoms with Crippen LogP contribution in [0.2, 0.25) is 0 Å². The minimum atomic E-state index is -3.28. The SMILES string of the molecule is Cc1cc(N=Nc2ccc(OCCCCCCCOc3cc(N4C(=O)c5ccccc5C4=O)ccc3N3C(=O)c4ccccc4C3=O)cc2)ccc1N=Nc1ccc(S(C)(=O)=O)cc1. The van der Waals surface area contributed by atoms with Crippen LogP contribution in [0, 0.1) is 6.92 Å². The zero-order chi connectivity index (χ0) is 44.8. The minimum Gasteiger partial charge on any atom is -0.494 e. The summed E-state index contributed by atoms with van der Waals surface area (Å²) in [6.07, 6.45) is 5.41. The number of imide groups is 2. The van der Waals surface area contributed by atoms with Gasteiger partial charge in [0.2, 0.25) is 0 Å². The lowest BCUT2D eigenvalue weighted by Gasteiger charge is -2.21. The molecule has 6 aromatic rings. The van der Waals surface area contributed by atoms with Gasteiger partial charge in [0.1, 0.15) is 11.5 Å². The van der Waals surface area contributed by atoms with Crippen LogP contribution in [0.4, 0.5) is 34.1 Å². The quantitative estimate of drug-likeness (QED) is 0.0494. The van der Waals surface area contributed by atoms with Crippen molar-refractivity contribution in [3.63, 3.8) is 0 Å². The Morgan fingerprint density at radius 1 is 0.500 bits per heavy atom. The van der Waals surface area contributed by atoms with Crippen LogP contribution in [0.25, 0.3) is 0 Å². The summed E-state index contributed by atoms with van der Waals surface area (Å²) >= 11 is 0. The van der Waals surface area contributed by atoms with Crippen LogP contribution in [0.3, 0.4) is 0 Å². The molecule has 0 saturated heterocycles. The summed E-state index contributed by atoms with van der Waals surface area (Å²) in [5.41, 5.74) is 5.08. The molecule has 8 rings (SSSR count). The van der Waals surface area contributed by atoms with Crippen LogP contribution in [0.15, 0.2) is 159 Å². The second kappa shape index (κ2) is 18.8. The maximum Gasteiger partial charge on any atom is 0.266 e. The van der Waals surface area contributed by atoms with Crippen LogP contribution in [0.5, 0.6) is 11.5 Å². The van der Waals surface area contributed by atoms with Gasteiger partial charge in [-0.15, -0.1) is 0 Å². The van der Waals surface area contributed by atoms with E-state index in [1.165, 1.54) is 12.1 Å². The molecule has 0 saturated carbocycles. The second-order valence-corrected chi connectivity index (χ2v) is 17.2. The van der Waals surface area contributed by atoms with Gasteiger partial charge in [0.25, 0.3) is 23.6 Å². The van der Waals surface area contributed by atoms with Crippen molar-refractivity contribution >= 4 is 67.6 Å². The van der Waals surface area contributed by atoms with Crippen molar-refractivity contribution in [1.29, 1.82) is 0 Å². The van der Waals surface area contributed by atoms with E-state index in [2.05, 4.69) is 20.5 Å². The molecule has 0 radical (unpaired) electrons. The number of hydrogen-bond acceptors (Lipinski definition) is 12. The molecule has 0 aromatic heterocycles. The Bertz CT molecular complexity index is 2880. The third-order valence-electron chi connectivity index (χ3n) is 10.7. The molecule has 14 nitrogen and oxygen atoms in total. The number of amides is 4. The molecule has 0 spiro atoms. The van der Waals surface area contributed by atoms with Crippen molar-refractivity contribution in [3.05, 3.63) is 161 Å². The van der Waals surface area contributed by atoms with Gasteiger partial charge in [-0.3, -0.25) is 19.2 Å². The van der Waals surface area contributed by atoms with E-state index in [1.54, 1.807) is 91.0 Å². The van der Waals surface area contributed by atoms with Crippen molar-refractivity contribution in [2.75, 3.05) is 29.3 Å². The fourth-order valence-electron chi connectivity index (χ4n) is 7.29. The van der Waals surface area contributed by atoms with E-state index in [0.29, 0.717) is 58.0 Å². The monoisotopic (exact) mass is 874 g/mol. The fraction of sp³-hybridized carbons (Fsp3) is 0.184. The Morgan fingerprint density at radius 2 is 0.984 bits per heavy atom. The molecular weight excluding hydrogens is 833 g/mol. The predicted octanol–water partition coefficient (Wildman–Crippen LogP) is 11.2. The summed E-state index contributed by atoms with van der Waals surface area (Å²) in [4.78, 5) is 55.8. The first kappa shape index (κ1) is 43.0. The normalized spacial score (nSPS) is 13.7. The fourth-order valence-corrected chi connectivity index (χ4v) is 7.92. The van der Waals surface area contributed by atoms with Gasteiger partial charge in [-0.25, -0.2) is 18.2 Å². The van der Waals surface area contributed by atoms with Crippen LogP contribution in [0.1, 0.15) is 79.1 Å². The first-order valence-corrected chi connectivity index (χ1v) is 22.5. The average Bonchev–Trinajstić information content (AvgIpc) is 3.71. The predicted molar refractivity (Wildman–Crippen MR) is 241 cm³/mol. The topological polar surface area (TPSA) is 177 Å². The van der Waals surface area contributed by atoms with E-state index < -0.39 is 33.5 Å². The van der Waals surface area contributed by atoms with E-state index in [0.717, 1.165) is 53.1 Å². The van der Waals surface area contributed by atoms with Gasteiger partial charge >= 0.3 is 0 Å². The highest BCUT2D eigenvalue weighted by atomic mass is 32.2. The average molecular weight is 875 g/mol. The number of rotatable bonds is 17. The number of fused-ring (bicyclic) bond motifs is 2. The van der Waals surface area contributed by atoms with Gasteiger partial charge in [-0.05, 0) is 128 Å². The van der Waals surface area contributed by atoms with Crippen LogP contribution in [-0.2, 0) is 9.84 Å². The summed E-state index contributed by atoms with van der Waals surface area (Å²) < 4.78 is 35.5. The van der Waals surface area contributed by atoms with Gasteiger partial charge < -0.3 is 9.47 Å². The molecule has 0 fully saturated rings. The molecule has 4 amide bonds. The lowest BCUT2D eigenvalue weighted by atomic mass is 10.1. The third kappa shape index (κ3) is 9.39. The lowest BCUT2D eigenvalue weighted by Crippen LogP contribution is -2.31. The van der Waals surface area contributed by atoms with Gasteiger partial charge in [-0.1, -0.05) is 43.5 Å². The third-order valence-corrected chi connectivity index (χ3v) is 11.8. The molecule has 0 unspecified atom stereocenters. The number of ether oxygens (including phenoxy) is 2. The highest BCUT2D eigenvalue weighted by Gasteiger charge is 2.40. The number of carbonyl (C=O) groups is 4. The van der Waals surface area contributed by atoms with Gasteiger partial charge in [0.15, 0.2) is 9.84 Å². The molecule has 0 bridgehead atoms. The van der Waals surface area contributed by atoms with Crippen molar-refractivity contribution < 1.29 is 37.1 Å². The van der Waals surface area contributed by atoms with E-state index in [-0.39, 0.29) is 28.6 Å². The Hall–Kier alpha value is -7.65. The minimum absolute atomic E-state index is 0.216. The number of carbonyl (C=O) groups excluding carboxylic acids is 4. The molecule has 0 N–H and O–H groups in total. The Morgan fingerprint density at radius 3 is 1.55 bits per heavy atom. The first-order valence-electron chi connectivity index (χ1n) is 20.7. The van der Waals surface area contributed by atoms with Crippen molar-refractivity contribution in [1.82, 2.24) is 0 Å². The van der Waals surface area contributed by atoms with E-state index in [4.69, 9.17) is 9.47 Å². The lowest BCUT2D eigenvalue weighted by molar-refractivity contribution is 0.0908. The smallest absolute Gasteiger partial charge is 0.266 e. The summed E-state index contributed by atoms with van der Waals surface area (Å²) in [5, 5.41) is 17.2. The number of azo groups is 2. The number of benzene rings is 6. The van der Waals surface area contributed by atoms with Crippen molar-refractivity contribution in [2.24, 2.45) is 20.5 Å². The first-order chi connectivity index (χ1) is 31.0. The summed E-state index contributed by atoms with van der Waals surface area (Å²) in [6, 6.07) is 36.9. The molecule has 322 valence electrons. The largest absolute Gasteiger partial charge is 0.494 e. The number of unbranched alkanes of at least 4 members (excludes halogenated alkanes) is 4. The van der Waals surface area contributed by atoms with Crippen LogP contribution in [-0.4, -0.2) is 51.5 Å². The molecule has 2 aliphatic rings. The Balaban J connectivity index is 0.792. The zero-order valence-electron chi connectivity index (χ0n) is 35.0. The Labute approximate surface area is 369 Å². The van der Waals surface area contributed by atoms with Gasteiger partial charge in [-0.2, -0.15) is 20.5 Å². The molecule has 2 heterocycles. The standard InChI is InChI=1S/C49H42N6O8S/c1-32-30-35(20-26-43(32)53-51-34-18-24-38(25-19-34)64(2,60)61)52-50-33-16-22-37(23-17-33)62-28-10-4-3-5-11-29-63-45-31-36(54-46(56)39-12-6-7-13-40(39)47(54)57)21-27-44(45)55-48(58)41-14-8-9-15-42(41)49(55)59/h6-9,12-27,30-31H,3-5,10-11,28-29H2,1-2H3. The van der Waals surface area contributed by atoms with Gasteiger partial charge in [0, 0.05) is 12.3 Å². The number of aryl methyl sites for hydroxylation is 1. The molecule has 0 atom stereocenters. The summed E-state index contributed by atoms with van der Waals surface area (Å²) in [7, 11) is -3.28. The molecule has 0 aliphatic carbocycles. The second-order valence-electron chi connectivity index (χ2n) is 15.2. The summed E-state index contributed by atoms with van der Waals surface area (Å²) in [6.45, 7) is 2.72. The van der Waals surface area contributed by atoms with Crippen LogP contribution >= 0.6 is 0 Å². The highest BCUT2D eigenvalue weighted by molar-refractivity contribution is 7.90. The number of nitrogens with zero attached hydrogens (tertiary/aromatic N) is 6. The maximum absolute atomic E-state index is 13.4. The summed E-state index contributed by atoms with van der Waals surface area (Å²) in [5.74, 6) is -0.925.